The number of carboxylic acid groups (broad SMARTS) is 1. The molecule has 5 nitrogen and oxygen atoms in total. The normalized spacial score (nSPS) is 21.7. The Hall–Kier alpha value is -2.04. The van der Waals surface area contributed by atoms with Crippen LogP contribution in [0.15, 0.2) is 23.2 Å². The maximum atomic E-state index is 10.9. The number of aliphatic carboxylic acids is 1. The second-order valence-electron chi connectivity index (χ2n) is 5.66. The van der Waals surface area contributed by atoms with Gasteiger partial charge in [0.15, 0.2) is 0 Å². The summed E-state index contributed by atoms with van der Waals surface area (Å²) in [4.78, 5) is 15.4. The van der Waals surface area contributed by atoms with E-state index in [1.165, 1.54) is 0 Å². The predicted molar refractivity (Wildman–Crippen MR) is 85.1 cm³/mol. The Morgan fingerprint density at radius 1 is 1.27 bits per heavy atom. The summed E-state index contributed by atoms with van der Waals surface area (Å²) >= 11 is 0. The Morgan fingerprint density at radius 2 is 2.00 bits per heavy atom. The van der Waals surface area contributed by atoms with Gasteiger partial charge >= 0.3 is 5.97 Å². The summed E-state index contributed by atoms with van der Waals surface area (Å²) in [6.45, 7) is 0.729. The molecule has 1 aromatic carbocycles. The molecule has 0 radical (unpaired) electrons. The van der Waals surface area contributed by atoms with E-state index in [1.807, 2.05) is 24.4 Å². The molecule has 1 aliphatic rings. The van der Waals surface area contributed by atoms with Gasteiger partial charge < -0.3 is 14.6 Å². The fourth-order valence-electron chi connectivity index (χ4n) is 2.83. The Balaban J connectivity index is 1.91. The van der Waals surface area contributed by atoms with E-state index in [-0.39, 0.29) is 5.92 Å². The molecule has 0 atom stereocenters. The maximum Gasteiger partial charge on any atom is 0.306 e. The van der Waals surface area contributed by atoms with E-state index < -0.39 is 5.97 Å². The number of carbonyl (C=O) groups is 1. The minimum atomic E-state index is -0.664. The van der Waals surface area contributed by atoms with Gasteiger partial charge in [0.2, 0.25) is 0 Å². The van der Waals surface area contributed by atoms with Crippen molar-refractivity contribution in [2.75, 3.05) is 20.8 Å². The number of nitrogens with zero attached hydrogens (tertiary/aromatic N) is 1. The summed E-state index contributed by atoms with van der Waals surface area (Å²) < 4.78 is 10.5. The third-order valence-corrected chi connectivity index (χ3v) is 4.23. The summed E-state index contributed by atoms with van der Waals surface area (Å²) in [5.74, 6) is 1.17. The monoisotopic (exact) mass is 305 g/mol. The molecule has 120 valence electrons. The lowest BCUT2D eigenvalue weighted by Gasteiger charge is -2.24. The molecule has 1 N–H and O–H groups in total. The van der Waals surface area contributed by atoms with Crippen molar-refractivity contribution in [2.45, 2.75) is 25.7 Å². The molecule has 1 aromatic rings. The SMILES string of the molecule is COc1ccc(OC)c(C=NC[C@H]2CC[C@H](C(=O)O)CC2)c1. The summed E-state index contributed by atoms with van der Waals surface area (Å²) in [5.41, 5.74) is 0.890. The molecule has 0 aliphatic heterocycles. The number of methoxy groups -OCH3 is 2. The molecule has 2 rings (SSSR count). The van der Waals surface area contributed by atoms with Crippen molar-refractivity contribution in [3.63, 3.8) is 0 Å². The van der Waals surface area contributed by atoms with Crippen LogP contribution in [0.4, 0.5) is 0 Å². The third-order valence-electron chi connectivity index (χ3n) is 4.23. The number of benzene rings is 1. The van der Waals surface area contributed by atoms with Crippen LogP contribution in [0.5, 0.6) is 11.5 Å². The van der Waals surface area contributed by atoms with Crippen molar-refractivity contribution >= 4 is 12.2 Å². The molecular formula is C17H23NO4. The zero-order chi connectivity index (χ0) is 15.9. The van der Waals surface area contributed by atoms with Gasteiger partial charge in [-0.25, -0.2) is 0 Å². The molecule has 0 amide bonds. The summed E-state index contributed by atoms with van der Waals surface area (Å²) in [5, 5.41) is 9.00. The van der Waals surface area contributed by atoms with Gasteiger partial charge in [0.25, 0.3) is 0 Å². The van der Waals surface area contributed by atoms with Gasteiger partial charge in [-0.1, -0.05) is 0 Å². The highest BCUT2D eigenvalue weighted by molar-refractivity contribution is 5.84. The van der Waals surface area contributed by atoms with Crippen LogP contribution in [0.25, 0.3) is 0 Å². The van der Waals surface area contributed by atoms with Crippen molar-refractivity contribution < 1.29 is 19.4 Å². The highest BCUT2D eigenvalue weighted by Gasteiger charge is 2.25. The van der Waals surface area contributed by atoms with Crippen LogP contribution in [-0.4, -0.2) is 38.1 Å². The number of hydrogen-bond donors (Lipinski definition) is 1. The molecule has 1 aliphatic carbocycles. The van der Waals surface area contributed by atoms with Gasteiger partial charge in [-0.3, -0.25) is 9.79 Å². The Labute approximate surface area is 131 Å². The second-order valence-corrected chi connectivity index (χ2v) is 5.66. The lowest BCUT2D eigenvalue weighted by atomic mass is 9.82. The molecule has 0 saturated heterocycles. The van der Waals surface area contributed by atoms with Crippen LogP contribution in [-0.2, 0) is 4.79 Å². The van der Waals surface area contributed by atoms with Crippen LogP contribution >= 0.6 is 0 Å². The molecule has 0 spiro atoms. The lowest BCUT2D eigenvalue weighted by Crippen LogP contribution is -2.22. The smallest absolute Gasteiger partial charge is 0.306 e. The van der Waals surface area contributed by atoms with E-state index in [9.17, 15) is 4.79 Å². The number of hydrogen-bond acceptors (Lipinski definition) is 4. The maximum absolute atomic E-state index is 10.9. The predicted octanol–water partition coefficient (Wildman–Crippen LogP) is 3.01. The van der Waals surface area contributed by atoms with Gasteiger partial charge in [-0.15, -0.1) is 0 Å². The average Bonchev–Trinajstić information content (AvgIpc) is 2.55. The Bertz CT molecular complexity index is 533. The highest BCUT2D eigenvalue weighted by atomic mass is 16.5. The van der Waals surface area contributed by atoms with Gasteiger partial charge in [-0.2, -0.15) is 0 Å². The zero-order valence-corrected chi connectivity index (χ0v) is 13.1. The van der Waals surface area contributed by atoms with Gasteiger partial charge in [0.1, 0.15) is 11.5 Å². The minimum absolute atomic E-state index is 0.168. The minimum Gasteiger partial charge on any atom is -0.497 e. The standard InChI is InChI=1S/C17H23NO4/c1-21-15-7-8-16(22-2)14(9-15)11-18-10-12-3-5-13(6-4-12)17(19)20/h7-9,11-13H,3-6,10H2,1-2H3,(H,19,20)/t12-,13-. The van der Waals surface area contributed by atoms with E-state index in [2.05, 4.69) is 4.99 Å². The molecule has 5 heteroatoms. The quantitative estimate of drug-likeness (QED) is 0.820. The van der Waals surface area contributed by atoms with Gasteiger partial charge in [0, 0.05) is 18.3 Å². The first-order valence-electron chi connectivity index (χ1n) is 7.58. The van der Waals surface area contributed by atoms with E-state index in [1.54, 1.807) is 14.2 Å². The lowest BCUT2D eigenvalue weighted by molar-refractivity contribution is -0.143. The van der Waals surface area contributed by atoms with E-state index in [4.69, 9.17) is 14.6 Å². The number of carboxylic acids is 1. The van der Waals surface area contributed by atoms with E-state index in [0.717, 1.165) is 49.3 Å². The van der Waals surface area contributed by atoms with E-state index in [0.29, 0.717) is 5.92 Å². The van der Waals surface area contributed by atoms with Crippen molar-refractivity contribution in [3.8, 4) is 11.5 Å². The number of rotatable bonds is 6. The first-order chi connectivity index (χ1) is 10.6. The van der Waals surface area contributed by atoms with Crippen molar-refractivity contribution in [2.24, 2.45) is 16.8 Å². The Kier molecular flexibility index (Phi) is 5.81. The molecular weight excluding hydrogens is 282 g/mol. The second kappa shape index (κ2) is 7.82. The van der Waals surface area contributed by atoms with Gasteiger partial charge in [-0.05, 0) is 49.8 Å². The van der Waals surface area contributed by atoms with Gasteiger partial charge in [0.05, 0.1) is 20.1 Å². The van der Waals surface area contributed by atoms with Crippen LogP contribution in [0.1, 0.15) is 31.2 Å². The van der Waals surface area contributed by atoms with Crippen molar-refractivity contribution in [1.29, 1.82) is 0 Å². The average molecular weight is 305 g/mol. The molecule has 1 saturated carbocycles. The zero-order valence-electron chi connectivity index (χ0n) is 13.1. The van der Waals surface area contributed by atoms with Crippen LogP contribution in [0, 0.1) is 11.8 Å². The third kappa shape index (κ3) is 4.23. The fourth-order valence-corrected chi connectivity index (χ4v) is 2.83. The highest BCUT2D eigenvalue weighted by Crippen LogP contribution is 2.29. The topological polar surface area (TPSA) is 68.1 Å². The van der Waals surface area contributed by atoms with E-state index >= 15 is 0 Å². The summed E-state index contributed by atoms with van der Waals surface area (Å²) in [6.07, 6.45) is 5.20. The van der Waals surface area contributed by atoms with Crippen molar-refractivity contribution in [1.82, 2.24) is 0 Å². The number of aliphatic imine (C=N–C) groups is 1. The fraction of sp³-hybridized carbons (Fsp3) is 0.529. The first-order valence-corrected chi connectivity index (χ1v) is 7.58. The largest absolute Gasteiger partial charge is 0.497 e. The van der Waals surface area contributed by atoms with Crippen LogP contribution in [0.3, 0.4) is 0 Å². The molecule has 1 fully saturated rings. The number of ether oxygens (including phenoxy) is 2. The van der Waals surface area contributed by atoms with Crippen LogP contribution < -0.4 is 9.47 Å². The molecule has 22 heavy (non-hydrogen) atoms. The summed E-state index contributed by atoms with van der Waals surface area (Å²) in [6, 6.07) is 5.60. The molecule has 0 aromatic heterocycles. The molecule has 0 unspecified atom stereocenters. The first kappa shape index (κ1) is 16.3. The van der Waals surface area contributed by atoms with Crippen molar-refractivity contribution in [3.05, 3.63) is 23.8 Å². The summed E-state index contributed by atoms with van der Waals surface area (Å²) in [7, 11) is 3.26. The molecule has 0 heterocycles. The Morgan fingerprint density at radius 3 is 2.59 bits per heavy atom. The molecule has 0 bridgehead atoms. The van der Waals surface area contributed by atoms with Crippen LogP contribution in [0.2, 0.25) is 0 Å².